The highest BCUT2D eigenvalue weighted by molar-refractivity contribution is 6.33. The van der Waals surface area contributed by atoms with Gasteiger partial charge in [0.15, 0.2) is 0 Å². The summed E-state index contributed by atoms with van der Waals surface area (Å²) in [7, 11) is 0. The van der Waals surface area contributed by atoms with E-state index >= 15 is 0 Å². The lowest BCUT2D eigenvalue weighted by atomic mass is 9.94. The predicted octanol–water partition coefficient (Wildman–Crippen LogP) is 2.87. The number of hydrogen-bond acceptors (Lipinski definition) is 4. The van der Waals surface area contributed by atoms with Crippen LogP contribution in [0.15, 0.2) is 18.2 Å². The molecule has 1 aliphatic rings. The van der Waals surface area contributed by atoms with Gasteiger partial charge in [0.1, 0.15) is 0 Å². The lowest BCUT2D eigenvalue weighted by Gasteiger charge is -2.34. The molecule has 1 aromatic carbocycles. The third-order valence-corrected chi connectivity index (χ3v) is 4.15. The highest BCUT2D eigenvalue weighted by atomic mass is 35.5. The van der Waals surface area contributed by atoms with Crippen molar-refractivity contribution in [2.75, 3.05) is 18.4 Å². The largest absolute Gasteiger partial charge is 0.393 e. The molecule has 22 heavy (non-hydrogen) atoms. The summed E-state index contributed by atoms with van der Waals surface area (Å²) >= 11 is 5.96. The Kier molecular flexibility index (Phi) is 5.20. The Labute approximate surface area is 133 Å². The van der Waals surface area contributed by atoms with Crippen LogP contribution in [0.2, 0.25) is 5.02 Å². The number of amides is 2. The second kappa shape index (κ2) is 6.93. The van der Waals surface area contributed by atoms with Crippen molar-refractivity contribution in [3.8, 4) is 0 Å². The first-order valence-corrected chi connectivity index (χ1v) is 7.44. The molecule has 0 spiro atoms. The molecule has 1 saturated heterocycles. The number of aliphatic hydroxyl groups is 1. The van der Waals surface area contributed by atoms with E-state index in [1.165, 1.54) is 18.2 Å². The standard InChI is InChI=1S/C14H18ClN3O4/c1-9(19)10-3-2-6-17(8-10)14(20)16-13-5-4-11(18(21)22)7-12(13)15/h4-5,7,9-10,19H,2-3,6,8H2,1H3,(H,16,20). The number of halogens is 1. The fourth-order valence-corrected chi connectivity index (χ4v) is 2.72. The number of piperidine rings is 1. The van der Waals surface area contributed by atoms with Crippen LogP contribution in [0, 0.1) is 16.0 Å². The summed E-state index contributed by atoms with van der Waals surface area (Å²) < 4.78 is 0. The molecule has 2 amide bonds. The molecule has 1 aromatic rings. The van der Waals surface area contributed by atoms with Crippen LogP contribution in [0.25, 0.3) is 0 Å². The molecule has 0 radical (unpaired) electrons. The van der Waals surface area contributed by atoms with Gasteiger partial charge in [0.2, 0.25) is 0 Å². The zero-order valence-electron chi connectivity index (χ0n) is 12.2. The summed E-state index contributed by atoms with van der Waals surface area (Å²) in [5.41, 5.74) is 0.201. The Balaban J connectivity index is 2.04. The average molecular weight is 328 g/mol. The molecule has 1 fully saturated rings. The number of urea groups is 1. The number of nitrogens with zero attached hydrogens (tertiary/aromatic N) is 2. The number of rotatable bonds is 3. The molecule has 1 aliphatic heterocycles. The SMILES string of the molecule is CC(O)C1CCCN(C(=O)Nc2ccc([N+](=O)[O-])cc2Cl)C1. The first-order chi connectivity index (χ1) is 10.4. The summed E-state index contributed by atoms with van der Waals surface area (Å²) in [4.78, 5) is 24.0. The van der Waals surface area contributed by atoms with Gasteiger partial charge in [-0.1, -0.05) is 11.6 Å². The Bertz CT molecular complexity index is 579. The van der Waals surface area contributed by atoms with E-state index in [0.717, 1.165) is 12.8 Å². The Morgan fingerprint density at radius 1 is 1.59 bits per heavy atom. The molecule has 2 unspecified atom stereocenters. The summed E-state index contributed by atoms with van der Waals surface area (Å²) in [6.45, 7) is 2.81. The van der Waals surface area contributed by atoms with Gasteiger partial charge in [-0.2, -0.15) is 0 Å². The van der Waals surface area contributed by atoms with Crippen LogP contribution >= 0.6 is 11.6 Å². The molecule has 2 N–H and O–H groups in total. The van der Waals surface area contributed by atoms with E-state index in [2.05, 4.69) is 5.32 Å². The van der Waals surface area contributed by atoms with Crippen molar-refractivity contribution in [2.24, 2.45) is 5.92 Å². The van der Waals surface area contributed by atoms with Crippen molar-refractivity contribution in [1.29, 1.82) is 0 Å². The minimum absolute atomic E-state index is 0.0619. The minimum atomic E-state index is -0.546. The smallest absolute Gasteiger partial charge is 0.321 e. The van der Waals surface area contributed by atoms with Gasteiger partial charge < -0.3 is 15.3 Å². The summed E-state index contributed by atoms with van der Waals surface area (Å²) in [6, 6.07) is 3.58. The monoisotopic (exact) mass is 327 g/mol. The molecule has 8 heteroatoms. The Morgan fingerprint density at radius 2 is 2.32 bits per heavy atom. The third kappa shape index (κ3) is 3.86. The fraction of sp³-hybridized carbons (Fsp3) is 0.500. The van der Waals surface area contributed by atoms with Crippen LogP contribution in [-0.4, -0.2) is 40.2 Å². The summed E-state index contributed by atoms with van der Waals surface area (Å²) in [5, 5.41) is 23.1. The van der Waals surface area contributed by atoms with Gasteiger partial charge in [-0.15, -0.1) is 0 Å². The van der Waals surface area contributed by atoms with E-state index in [0.29, 0.717) is 18.8 Å². The van der Waals surface area contributed by atoms with Gasteiger partial charge in [0.05, 0.1) is 21.7 Å². The fourth-order valence-electron chi connectivity index (χ4n) is 2.50. The van der Waals surface area contributed by atoms with Crippen molar-refractivity contribution in [3.63, 3.8) is 0 Å². The number of benzene rings is 1. The summed E-state index contributed by atoms with van der Waals surface area (Å²) in [5.74, 6) is 0.0619. The molecule has 1 heterocycles. The number of carbonyl (C=O) groups excluding carboxylic acids is 1. The highest BCUT2D eigenvalue weighted by Crippen LogP contribution is 2.27. The molecule has 2 atom stereocenters. The zero-order valence-corrected chi connectivity index (χ0v) is 12.9. The first-order valence-electron chi connectivity index (χ1n) is 7.06. The highest BCUT2D eigenvalue weighted by Gasteiger charge is 2.26. The van der Waals surface area contributed by atoms with Gasteiger partial charge in [0, 0.05) is 31.1 Å². The number of carbonyl (C=O) groups is 1. The van der Waals surface area contributed by atoms with Crippen LogP contribution < -0.4 is 5.32 Å². The van der Waals surface area contributed by atoms with Crippen LogP contribution in [-0.2, 0) is 0 Å². The first kappa shape index (κ1) is 16.5. The molecular formula is C14H18ClN3O4. The van der Waals surface area contributed by atoms with Crippen LogP contribution in [0.3, 0.4) is 0 Å². The van der Waals surface area contributed by atoms with E-state index in [4.69, 9.17) is 11.6 Å². The Morgan fingerprint density at radius 3 is 2.91 bits per heavy atom. The molecule has 7 nitrogen and oxygen atoms in total. The van der Waals surface area contributed by atoms with Gasteiger partial charge in [-0.25, -0.2) is 4.79 Å². The lowest BCUT2D eigenvalue weighted by Crippen LogP contribution is -2.44. The zero-order chi connectivity index (χ0) is 16.3. The lowest BCUT2D eigenvalue weighted by molar-refractivity contribution is -0.384. The van der Waals surface area contributed by atoms with Gasteiger partial charge >= 0.3 is 6.03 Å². The molecule has 0 bridgehead atoms. The molecule has 120 valence electrons. The number of anilines is 1. The number of hydrogen-bond donors (Lipinski definition) is 2. The normalized spacial score (nSPS) is 19.6. The van der Waals surface area contributed by atoms with Crippen molar-refractivity contribution < 1.29 is 14.8 Å². The molecule has 0 saturated carbocycles. The van der Waals surface area contributed by atoms with E-state index in [9.17, 15) is 20.0 Å². The topological polar surface area (TPSA) is 95.7 Å². The van der Waals surface area contributed by atoms with Crippen molar-refractivity contribution >= 4 is 29.0 Å². The van der Waals surface area contributed by atoms with Crippen LogP contribution in [0.5, 0.6) is 0 Å². The number of aliphatic hydroxyl groups excluding tert-OH is 1. The number of nitro benzene ring substituents is 1. The van der Waals surface area contributed by atoms with Crippen molar-refractivity contribution in [1.82, 2.24) is 4.90 Å². The molecule has 0 aromatic heterocycles. The van der Waals surface area contributed by atoms with E-state index < -0.39 is 11.0 Å². The second-order valence-corrected chi connectivity index (χ2v) is 5.85. The number of likely N-dealkylation sites (tertiary alicyclic amines) is 1. The summed E-state index contributed by atoms with van der Waals surface area (Å²) in [6.07, 6.45) is 1.26. The maximum absolute atomic E-state index is 12.2. The number of nitrogens with one attached hydrogen (secondary N) is 1. The molecular weight excluding hydrogens is 310 g/mol. The quantitative estimate of drug-likeness (QED) is 0.659. The van der Waals surface area contributed by atoms with Crippen LogP contribution in [0.4, 0.5) is 16.2 Å². The van der Waals surface area contributed by atoms with Gasteiger partial charge in [0.25, 0.3) is 5.69 Å². The maximum Gasteiger partial charge on any atom is 0.321 e. The van der Waals surface area contributed by atoms with Gasteiger partial charge in [-0.3, -0.25) is 10.1 Å². The minimum Gasteiger partial charge on any atom is -0.393 e. The van der Waals surface area contributed by atoms with E-state index in [-0.39, 0.29) is 22.7 Å². The molecule has 0 aliphatic carbocycles. The van der Waals surface area contributed by atoms with Crippen molar-refractivity contribution in [2.45, 2.75) is 25.9 Å². The van der Waals surface area contributed by atoms with Crippen LogP contribution in [0.1, 0.15) is 19.8 Å². The van der Waals surface area contributed by atoms with Crippen molar-refractivity contribution in [3.05, 3.63) is 33.3 Å². The average Bonchev–Trinajstić information content (AvgIpc) is 2.49. The Hall–Kier alpha value is -1.86. The van der Waals surface area contributed by atoms with Gasteiger partial charge in [-0.05, 0) is 25.8 Å². The maximum atomic E-state index is 12.2. The predicted molar refractivity (Wildman–Crippen MR) is 83.1 cm³/mol. The number of non-ortho nitro benzene ring substituents is 1. The number of nitro groups is 1. The third-order valence-electron chi connectivity index (χ3n) is 3.83. The van der Waals surface area contributed by atoms with E-state index in [1.54, 1.807) is 11.8 Å². The second-order valence-electron chi connectivity index (χ2n) is 5.44. The molecule has 2 rings (SSSR count). The van der Waals surface area contributed by atoms with E-state index in [1.807, 2.05) is 0 Å².